The minimum Gasteiger partial charge on any atom is -0.384 e. The van der Waals surface area contributed by atoms with Crippen molar-refractivity contribution in [1.29, 1.82) is 0 Å². The number of aromatic nitrogens is 1. The lowest BCUT2D eigenvalue weighted by Crippen LogP contribution is -2.13. The highest BCUT2D eigenvalue weighted by atomic mass is 79.9. The summed E-state index contributed by atoms with van der Waals surface area (Å²) in [5.74, 6) is -0.118. The van der Waals surface area contributed by atoms with E-state index in [0.717, 1.165) is 8.95 Å². The summed E-state index contributed by atoms with van der Waals surface area (Å²) in [5.41, 5.74) is 6.54. The van der Waals surface area contributed by atoms with Gasteiger partial charge < -0.3 is 11.1 Å². The minimum atomic E-state index is -0.316. The number of nitrogens with zero attached hydrogens (tertiary/aromatic N) is 1. The van der Waals surface area contributed by atoms with Crippen molar-refractivity contribution in [2.24, 2.45) is 0 Å². The molecule has 0 atom stereocenters. The van der Waals surface area contributed by atoms with Crippen LogP contribution in [-0.4, -0.2) is 10.9 Å². The molecule has 3 N–H and O–H groups in total. The zero-order valence-electron chi connectivity index (χ0n) is 9.45. The Hall–Kier alpha value is -1.11. The molecule has 2 aromatic rings. The van der Waals surface area contributed by atoms with Gasteiger partial charge in [0.05, 0.1) is 5.69 Å². The van der Waals surface area contributed by atoms with Crippen LogP contribution in [0.4, 0.5) is 11.5 Å². The van der Waals surface area contributed by atoms with Crippen LogP contribution in [-0.2, 0) is 0 Å². The third-order valence-electron chi connectivity index (χ3n) is 2.28. The van der Waals surface area contributed by atoms with Crippen LogP contribution in [0.1, 0.15) is 10.4 Å². The molecule has 0 bridgehead atoms. The van der Waals surface area contributed by atoms with Gasteiger partial charge in [0.2, 0.25) is 0 Å². The molecule has 0 aliphatic rings. The highest BCUT2D eigenvalue weighted by Crippen LogP contribution is 2.31. The smallest absolute Gasteiger partial charge is 0.255 e. The van der Waals surface area contributed by atoms with E-state index in [0.29, 0.717) is 11.3 Å². The number of nitrogens with two attached hydrogens (primary N) is 1. The normalized spacial score (nSPS) is 10.3. The number of rotatable bonds is 2. The molecule has 0 fully saturated rings. The summed E-state index contributed by atoms with van der Waals surface area (Å²) < 4.78 is 1.53. The first-order valence-corrected chi connectivity index (χ1v) is 7.12. The summed E-state index contributed by atoms with van der Waals surface area (Å²) in [4.78, 5) is 15.9. The van der Waals surface area contributed by atoms with E-state index in [2.05, 4.69) is 42.2 Å². The van der Waals surface area contributed by atoms with E-state index < -0.39 is 0 Å². The maximum absolute atomic E-state index is 12.1. The molecule has 0 radical (unpaired) electrons. The molecule has 1 aromatic carbocycles. The number of benzene rings is 1. The molecular formula is C12H8Br2ClN3O. The maximum atomic E-state index is 12.1. The molecule has 0 saturated carbocycles. The Kier molecular flexibility index (Phi) is 4.44. The van der Waals surface area contributed by atoms with Crippen LogP contribution in [0.2, 0.25) is 5.15 Å². The summed E-state index contributed by atoms with van der Waals surface area (Å²) in [7, 11) is 0. The molecule has 1 aromatic heterocycles. The summed E-state index contributed by atoms with van der Waals surface area (Å²) in [6, 6.07) is 8.43. The number of carbonyl (C=O) groups excluding carboxylic acids is 1. The first-order valence-electron chi connectivity index (χ1n) is 5.16. The van der Waals surface area contributed by atoms with Crippen LogP contribution in [0, 0.1) is 0 Å². The average Bonchev–Trinajstić information content (AvgIpc) is 2.32. The third kappa shape index (κ3) is 3.46. The van der Waals surface area contributed by atoms with Crippen molar-refractivity contribution in [3.63, 3.8) is 0 Å². The Bertz CT molecular complexity index is 608. The zero-order valence-corrected chi connectivity index (χ0v) is 13.4. The Labute approximate surface area is 131 Å². The molecule has 7 heteroatoms. The number of amides is 1. The van der Waals surface area contributed by atoms with Crippen molar-refractivity contribution in [2.75, 3.05) is 11.1 Å². The second kappa shape index (κ2) is 5.90. The van der Waals surface area contributed by atoms with Crippen molar-refractivity contribution in [3.8, 4) is 0 Å². The van der Waals surface area contributed by atoms with E-state index in [9.17, 15) is 4.79 Å². The van der Waals surface area contributed by atoms with Gasteiger partial charge in [-0.3, -0.25) is 4.79 Å². The van der Waals surface area contributed by atoms with Crippen LogP contribution >= 0.6 is 43.5 Å². The number of anilines is 2. The summed E-state index contributed by atoms with van der Waals surface area (Å²) in [5, 5.41) is 2.95. The molecule has 4 nitrogen and oxygen atoms in total. The van der Waals surface area contributed by atoms with E-state index in [1.54, 1.807) is 0 Å². The number of carbonyl (C=O) groups is 1. The van der Waals surface area contributed by atoms with Gasteiger partial charge in [-0.2, -0.15) is 0 Å². The van der Waals surface area contributed by atoms with Crippen molar-refractivity contribution in [1.82, 2.24) is 4.98 Å². The first kappa shape index (κ1) is 14.3. The van der Waals surface area contributed by atoms with Crippen LogP contribution in [0.3, 0.4) is 0 Å². The predicted octanol–water partition coefficient (Wildman–Crippen LogP) is 4.09. The van der Waals surface area contributed by atoms with E-state index >= 15 is 0 Å². The first-order chi connectivity index (χ1) is 8.97. The monoisotopic (exact) mass is 403 g/mol. The number of hydrogen-bond acceptors (Lipinski definition) is 3. The lowest BCUT2D eigenvalue weighted by Gasteiger charge is -2.10. The van der Waals surface area contributed by atoms with Crippen LogP contribution in [0.25, 0.3) is 0 Å². The fourth-order valence-electron chi connectivity index (χ4n) is 1.45. The molecule has 98 valence electrons. The van der Waals surface area contributed by atoms with Crippen molar-refractivity contribution in [2.45, 2.75) is 0 Å². The van der Waals surface area contributed by atoms with Crippen molar-refractivity contribution < 1.29 is 4.79 Å². The molecule has 2 rings (SSSR count). The average molecular weight is 405 g/mol. The third-order valence-corrected chi connectivity index (χ3v) is 3.79. The van der Waals surface area contributed by atoms with Crippen LogP contribution in [0.5, 0.6) is 0 Å². The van der Waals surface area contributed by atoms with Gasteiger partial charge in [0, 0.05) is 14.5 Å². The Balaban J connectivity index is 2.31. The number of hydrogen-bond donors (Lipinski definition) is 2. The molecule has 0 aliphatic heterocycles. The van der Waals surface area contributed by atoms with Gasteiger partial charge in [-0.25, -0.2) is 4.98 Å². The van der Waals surface area contributed by atoms with E-state index in [-0.39, 0.29) is 16.9 Å². The lowest BCUT2D eigenvalue weighted by molar-refractivity contribution is 0.102. The number of para-hydroxylation sites is 1. The summed E-state index contributed by atoms with van der Waals surface area (Å²) in [6.45, 7) is 0. The molecule has 0 unspecified atom stereocenters. The minimum absolute atomic E-state index is 0.177. The second-order valence-electron chi connectivity index (χ2n) is 3.65. The topological polar surface area (TPSA) is 68.0 Å². The van der Waals surface area contributed by atoms with E-state index in [1.807, 2.05) is 18.2 Å². The van der Waals surface area contributed by atoms with Gasteiger partial charge in [-0.05, 0) is 56.1 Å². The second-order valence-corrected chi connectivity index (χ2v) is 5.75. The van der Waals surface area contributed by atoms with Gasteiger partial charge >= 0.3 is 0 Å². The number of nitrogens with one attached hydrogen (secondary N) is 1. The number of pyridine rings is 1. The molecule has 19 heavy (non-hydrogen) atoms. The zero-order chi connectivity index (χ0) is 14.0. The van der Waals surface area contributed by atoms with E-state index in [4.69, 9.17) is 17.3 Å². The standard InChI is InChI=1S/C12H8Br2ClN3O/c13-7-2-1-3-8(14)11(7)18-12(19)6-4-9(15)17-10(16)5-6/h1-5H,(H2,16,17)(H,18,19). The summed E-state index contributed by atoms with van der Waals surface area (Å²) >= 11 is 12.5. The highest BCUT2D eigenvalue weighted by Gasteiger charge is 2.12. The largest absolute Gasteiger partial charge is 0.384 e. The van der Waals surface area contributed by atoms with Gasteiger partial charge in [-0.1, -0.05) is 17.7 Å². The van der Waals surface area contributed by atoms with Gasteiger partial charge in [0.15, 0.2) is 0 Å². The van der Waals surface area contributed by atoms with Gasteiger partial charge in [0.25, 0.3) is 5.91 Å². The maximum Gasteiger partial charge on any atom is 0.255 e. The molecule has 0 spiro atoms. The fraction of sp³-hybridized carbons (Fsp3) is 0. The van der Waals surface area contributed by atoms with Crippen LogP contribution < -0.4 is 11.1 Å². The quantitative estimate of drug-likeness (QED) is 0.740. The SMILES string of the molecule is Nc1cc(C(=O)Nc2c(Br)cccc2Br)cc(Cl)n1. The van der Waals surface area contributed by atoms with Crippen LogP contribution in [0.15, 0.2) is 39.3 Å². The molecule has 0 saturated heterocycles. The van der Waals surface area contributed by atoms with Crippen molar-refractivity contribution >= 4 is 60.9 Å². The molecular weight excluding hydrogens is 397 g/mol. The molecule has 0 aliphatic carbocycles. The van der Waals surface area contributed by atoms with Crippen molar-refractivity contribution in [3.05, 3.63) is 50.0 Å². The predicted molar refractivity (Wildman–Crippen MR) is 83.5 cm³/mol. The fourth-order valence-corrected chi connectivity index (χ4v) is 2.86. The Morgan fingerprint density at radius 3 is 2.47 bits per heavy atom. The highest BCUT2D eigenvalue weighted by molar-refractivity contribution is 9.11. The Morgan fingerprint density at radius 2 is 1.89 bits per heavy atom. The molecule has 1 heterocycles. The number of nitrogen functional groups attached to an aromatic ring is 1. The number of halogens is 3. The lowest BCUT2D eigenvalue weighted by atomic mass is 10.2. The van der Waals surface area contributed by atoms with E-state index in [1.165, 1.54) is 12.1 Å². The molecule has 1 amide bonds. The van der Waals surface area contributed by atoms with Gasteiger partial charge in [-0.15, -0.1) is 0 Å². The van der Waals surface area contributed by atoms with Gasteiger partial charge in [0.1, 0.15) is 11.0 Å². The summed E-state index contributed by atoms with van der Waals surface area (Å²) in [6.07, 6.45) is 0. The Morgan fingerprint density at radius 1 is 1.26 bits per heavy atom.